The molecule has 15 heavy (non-hydrogen) atoms. The number of carboxylic acids is 2. The summed E-state index contributed by atoms with van der Waals surface area (Å²) in [5.41, 5.74) is 0. The van der Waals surface area contributed by atoms with Crippen LogP contribution in [-0.4, -0.2) is 41.7 Å². The average Bonchev–Trinajstić information content (AvgIpc) is 2.13. The summed E-state index contributed by atoms with van der Waals surface area (Å²) in [6.45, 7) is 3.92. The molecule has 0 radical (unpaired) electrons. The molecular formula is C9H16O6. The molecule has 0 aliphatic rings. The third-order valence-electron chi connectivity index (χ3n) is 1.70. The quantitative estimate of drug-likeness (QED) is 0.580. The number of ether oxygens (including phenoxy) is 2. The summed E-state index contributed by atoms with van der Waals surface area (Å²) in [7, 11) is 0. The van der Waals surface area contributed by atoms with Gasteiger partial charge in [0.1, 0.15) is 5.92 Å². The Morgan fingerprint density at radius 3 is 1.87 bits per heavy atom. The van der Waals surface area contributed by atoms with E-state index in [2.05, 4.69) is 0 Å². The number of hydrogen-bond donors (Lipinski definition) is 2. The largest absolute Gasteiger partial charge is 0.481 e. The lowest BCUT2D eigenvalue weighted by atomic mass is 10.1. The van der Waals surface area contributed by atoms with Crippen LogP contribution in [0.15, 0.2) is 0 Å². The topological polar surface area (TPSA) is 93.1 Å². The molecule has 0 saturated carbocycles. The molecule has 0 fully saturated rings. The van der Waals surface area contributed by atoms with E-state index in [4.69, 9.17) is 19.7 Å². The van der Waals surface area contributed by atoms with Gasteiger partial charge in [0.05, 0.1) is 6.42 Å². The Hall–Kier alpha value is -1.14. The van der Waals surface area contributed by atoms with Crippen LogP contribution in [0, 0.1) is 5.92 Å². The van der Waals surface area contributed by atoms with Gasteiger partial charge in [0, 0.05) is 13.2 Å². The molecule has 0 saturated heterocycles. The van der Waals surface area contributed by atoms with Gasteiger partial charge in [-0.05, 0) is 13.8 Å². The first-order valence-electron chi connectivity index (χ1n) is 4.70. The monoisotopic (exact) mass is 220 g/mol. The maximum Gasteiger partial charge on any atom is 0.312 e. The second kappa shape index (κ2) is 7.19. The van der Waals surface area contributed by atoms with Gasteiger partial charge in [0.15, 0.2) is 6.29 Å². The molecule has 0 amide bonds. The van der Waals surface area contributed by atoms with E-state index >= 15 is 0 Å². The lowest BCUT2D eigenvalue weighted by molar-refractivity contribution is -0.189. The highest BCUT2D eigenvalue weighted by molar-refractivity contribution is 5.78. The van der Waals surface area contributed by atoms with E-state index in [1.807, 2.05) is 0 Å². The molecule has 1 atom stereocenters. The molecule has 0 bridgehead atoms. The second-order valence-electron chi connectivity index (χ2n) is 2.82. The average molecular weight is 220 g/mol. The van der Waals surface area contributed by atoms with Crippen LogP contribution in [0.2, 0.25) is 0 Å². The molecule has 0 aromatic carbocycles. The molecular weight excluding hydrogens is 204 g/mol. The fourth-order valence-electron chi connectivity index (χ4n) is 1.10. The van der Waals surface area contributed by atoms with Gasteiger partial charge in [-0.25, -0.2) is 0 Å². The van der Waals surface area contributed by atoms with Crippen LogP contribution in [0.3, 0.4) is 0 Å². The Bertz CT molecular complexity index is 209. The van der Waals surface area contributed by atoms with Gasteiger partial charge in [-0.3, -0.25) is 9.59 Å². The van der Waals surface area contributed by atoms with Gasteiger partial charge >= 0.3 is 11.9 Å². The summed E-state index contributed by atoms with van der Waals surface area (Å²) in [5.74, 6) is -3.60. The number of hydrogen-bond acceptors (Lipinski definition) is 4. The number of carboxylic acid groups (broad SMARTS) is 2. The van der Waals surface area contributed by atoms with Crippen molar-refractivity contribution < 1.29 is 29.3 Å². The van der Waals surface area contributed by atoms with Gasteiger partial charge in [0.2, 0.25) is 0 Å². The standard InChI is InChI=1S/C9H16O6/c1-3-14-9(15-4-2)6(8(12)13)5-7(10)11/h6,9H,3-5H2,1-2H3,(H,10,11)(H,12,13). The Morgan fingerprint density at radius 1 is 1.13 bits per heavy atom. The highest BCUT2D eigenvalue weighted by atomic mass is 16.7. The molecule has 0 aliphatic heterocycles. The van der Waals surface area contributed by atoms with Crippen LogP contribution >= 0.6 is 0 Å². The van der Waals surface area contributed by atoms with Crippen molar-refractivity contribution in [1.82, 2.24) is 0 Å². The first-order valence-corrected chi connectivity index (χ1v) is 4.70. The number of carbonyl (C=O) groups is 2. The summed E-state index contributed by atoms with van der Waals surface area (Å²) in [6, 6.07) is 0. The molecule has 6 nitrogen and oxygen atoms in total. The van der Waals surface area contributed by atoms with Crippen molar-refractivity contribution >= 4 is 11.9 Å². The maximum absolute atomic E-state index is 10.8. The molecule has 6 heteroatoms. The fourth-order valence-corrected chi connectivity index (χ4v) is 1.10. The zero-order chi connectivity index (χ0) is 11.8. The predicted octanol–water partition coefficient (Wildman–Crippen LogP) is 0.561. The molecule has 0 spiro atoms. The highest BCUT2D eigenvalue weighted by Gasteiger charge is 2.31. The van der Waals surface area contributed by atoms with Gasteiger partial charge < -0.3 is 19.7 Å². The van der Waals surface area contributed by atoms with E-state index in [0.29, 0.717) is 0 Å². The predicted molar refractivity (Wildman–Crippen MR) is 50.4 cm³/mol. The minimum Gasteiger partial charge on any atom is -0.481 e. The molecule has 2 N–H and O–H groups in total. The van der Waals surface area contributed by atoms with Gasteiger partial charge in [0.25, 0.3) is 0 Å². The van der Waals surface area contributed by atoms with E-state index < -0.39 is 30.6 Å². The molecule has 1 unspecified atom stereocenters. The second-order valence-corrected chi connectivity index (χ2v) is 2.82. The molecule has 88 valence electrons. The van der Waals surface area contributed by atoms with Crippen molar-refractivity contribution in [3.63, 3.8) is 0 Å². The molecule has 0 aliphatic carbocycles. The van der Waals surface area contributed by atoms with Crippen molar-refractivity contribution in [1.29, 1.82) is 0 Å². The minimum atomic E-state index is -1.23. The van der Waals surface area contributed by atoms with E-state index in [-0.39, 0.29) is 13.2 Å². The Labute approximate surface area is 87.8 Å². The first-order chi connectivity index (χ1) is 7.02. The van der Waals surface area contributed by atoms with Crippen molar-refractivity contribution in [2.24, 2.45) is 5.92 Å². The van der Waals surface area contributed by atoms with Crippen LogP contribution in [-0.2, 0) is 19.1 Å². The van der Waals surface area contributed by atoms with Gasteiger partial charge in [-0.2, -0.15) is 0 Å². The third-order valence-corrected chi connectivity index (χ3v) is 1.70. The Balaban J connectivity index is 4.50. The van der Waals surface area contributed by atoms with Crippen LogP contribution in [0.4, 0.5) is 0 Å². The summed E-state index contributed by atoms with van der Waals surface area (Å²) in [5, 5.41) is 17.4. The lowest BCUT2D eigenvalue weighted by Crippen LogP contribution is -2.34. The number of aliphatic carboxylic acids is 2. The van der Waals surface area contributed by atoms with Gasteiger partial charge in [-0.15, -0.1) is 0 Å². The smallest absolute Gasteiger partial charge is 0.312 e. The maximum atomic E-state index is 10.8. The lowest BCUT2D eigenvalue weighted by Gasteiger charge is -2.22. The Kier molecular flexibility index (Phi) is 6.64. The summed E-state index contributed by atoms with van der Waals surface area (Å²) in [4.78, 5) is 21.3. The van der Waals surface area contributed by atoms with Crippen molar-refractivity contribution in [2.75, 3.05) is 13.2 Å². The fraction of sp³-hybridized carbons (Fsp3) is 0.778. The van der Waals surface area contributed by atoms with Crippen LogP contribution < -0.4 is 0 Å². The Morgan fingerprint density at radius 2 is 1.60 bits per heavy atom. The van der Waals surface area contributed by atoms with Crippen LogP contribution in [0.1, 0.15) is 20.3 Å². The molecule has 0 rings (SSSR count). The highest BCUT2D eigenvalue weighted by Crippen LogP contribution is 2.14. The van der Waals surface area contributed by atoms with E-state index in [1.54, 1.807) is 13.8 Å². The van der Waals surface area contributed by atoms with Crippen molar-refractivity contribution in [3.8, 4) is 0 Å². The SMILES string of the molecule is CCOC(OCC)C(CC(=O)O)C(=O)O. The van der Waals surface area contributed by atoms with E-state index in [1.165, 1.54) is 0 Å². The third kappa shape index (κ3) is 5.34. The molecule has 0 heterocycles. The normalized spacial score (nSPS) is 12.7. The first kappa shape index (κ1) is 13.9. The van der Waals surface area contributed by atoms with Crippen molar-refractivity contribution in [3.05, 3.63) is 0 Å². The van der Waals surface area contributed by atoms with Crippen LogP contribution in [0.5, 0.6) is 0 Å². The zero-order valence-electron chi connectivity index (χ0n) is 8.80. The summed E-state index contributed by atoms with van der Waals surface area (Å²) >= 11 is 0. The molecule has 0 aromatic rings. The van der Waals surface area contributed by atoms with E-state index in [0.717, 1.165) is 0 Å². The summed E-state index contributed by atoms with van der Waals surface area (Å²) in [6.07, 6.45) is -1.52. The van der Waals surface area contributed by atoms with Crippen LogP contribution in [0.25, 0.3) is 0 Å². The van der Waals surface area contributed by atoms with E-state index in [9.17, 15) is 9.59 Å². The molecule has 0 aromatic heterocycles. The zero-order valence-corrected chi connectivity index (χ0v) is 8.80. The van der Waals surface area contributed by atoms with Gasteiger partial charge in [-0.1, -0.05) is 0 Å². The minimum absolute atomic E-state index is 0.272. The summed E-state index contributed by atoms with van der Waals surface area (Å²) < 4.78 is 10.1. The number of rotatable bonds is 8. The van der Waals surface area contributed by atoms with Crippen molar-refractivity contribution in [2.45, 2.75) is 26.6 Å².